The van der Waals surface area contributed by atoms with Crippen LogP contribution in [0.2, 0.25) is 0 Å². The predicted molar refractivity (Wildman–Crippen MR) is 73.6 cm³/mol. The molecule has 0 spiro atoms. The van der Waals surface area contributed by atoms with E-state index in [-0.39, 0.29) is 0 Å². The summed E-state index contributed by atoms with van der Waals surface area (Å²) < 4.78 is 24.4. The first kappa shape index (κ1) is 12.5. The molecule has 0 radical (unpaired) electrons. The second-order valence-corrected chi connectivity index (χ2v) is 7.81. The molecule has 17 heavy (non-hydrogen) atoms. The van der Waals surface area contributed by atoms with Gasteiger partial charge in [0.2, 0.25) is 9.84 Å². The molecule has 0 saturated heterocycles. The highest BCUT2D eigenvalue weighted by molar-refractivity contribution is 8.02. The van der Waals surface area contributed by atoms with Gasteiger partial charge in [0.25, 0.3) is 0 Å². The summed E-state index contributed by atoms with van der Waals surface area (Å²) in [7, 11) is -3.30. The van der Waals surface area contributed by atoms with E-state index in [0.29, 0.717) is 26.5 Å². The van der Waals surface area contributed by atoms with E-state index < -0.39 is 9.84 Å². The lowest BCUT2D eigenvalue weighted by Crippen LogP contribution is -2.04. The number of sulfone groups is 1. The Hall–Kier alpha value is -0.940. The molecule has 1 aliphatic heterocycles. The summed E-state index contributed by atoms with van der Waals surface area (Å²) in [6.45, 7) is 4.11. The zero-order chi connectivity index (χ0) is 12.6. The van der Waals surface area contributed by atoms with Crippen LogP contribution in [0.1, 0.15) is 19.4 Å². The van der Waals surface area contributed by atoms with Gasteiger partial charge in [-0.25, -0.2) is 8.42 Å². The largest absolute Gasteiger partial charge is 0.399 e. The van der Waals surface area contributed by atoms with Crippen molar-refractivity contribution in [1.29, 1.82) is 0 Å². The molecule has 1 aromatic rings. The Balaban J connectivity index is 2.36. The van der Waals surface area contributed by atoms with E-state index in [1.807, 2.05) is 0 Å². The Morgan fingerprint density at radius 2 is 2.06 bits per heavy atom. The molecule has 3 nitrogen and oxygen atoms in total. The van der Waals surface area contributed by atoms with Crippen molar-refractivity contribution >= 4 is 33.4 Å². The molecule has 1 aliphatic rings. The highest BCUT2D eigenvalue weighted by Gasteiger charge is 2.29. The van der Waals surface area contributed by atoms with Crippen molar-refractivity contribution in [3.63, 3.8) is 0 Å². The van der Waals surface area contributed by atoms with Gasteiger partial charge in [0, 0.05) is 11.4 Å². The number of rotatable bonds is 3. The summed E-state index contributed by atoms with van der Waals surface area (Å²) in [6.07, 6.45) is 1.75. The fourth-order valence-corrected chi connectivity index (χ4v) is 4.36. The van der Waals surface area contributed by atoms with Crippen LogP contribution in [0.25, 0.3) is 6.08 Å². The molecule has 1 heterocycles. The van der Waals surface area contributed by atoms with Gasteiger partial charge in [-0.15, -0.1) is 0 Å². The van der Waals surface area contributed by atoms with Crippen molar-refractivity contribution in [3.8, 4) is 0 Å². The van der Waals surface area contributed by atoms with Crippen molar-refractivity contribution in [2.75, 3.05) is 11.5 Å². The zero-order valence-electron chi connectivity index (χ0n) is 9.80. The van der Waals surface area contributed by atoms with Crippen LogP contribution >= 0.6 is 11.8 Å². The Bertz CT molecular complexity index is 574. The maximum absolute atomic E-state index is 12.2. The lowest BCUT2D eigenvalue weighted by atomic mass is 10.2. The van der Waals surface area contributed by atoms with Crippen LogP contribution in [0.5, 0.6) is 0 Å². The molecule has 2 rings (SSSR count). The Morgan fingerprint density at radius 1 is 1.35 bits per heavy atom. The van der Waals surface area contributed by atoms with Crippen LogP contribution in [-0.4, -0.2) is 19.4 Å². The number of nitrogen functional groups attached to an aromatic ring is 1. The van der Waals surface area contributed by atoms with Crippen LogP contribution in [0.15, 0.2) is 28.0 Å². The zero-order valence-corrected chi connectivity index (χ0v) is 11.4. The first-order valence-electron chi connectivity index (χ1n) is 5.38. The highest BCUT2D eigenvalue weighted by atomic mass is 32.2. The summed E-state index contributed by atoms with van der Waals surface area (Å²) in [6, 6.07) is 5.02. The average Bonchev–Trinajstić information content (AvgIpc) is 2.48. The van der Waals surface area contributed by atoms with E-state index in [9.17, 15) is 8.42 Å². The molecule has 0 saturated carbocycles. The van der Waals surface area contributed by atoms with E-state index >= 15 is 0 Å². The van der Waals surface area contributed by atoms with Crippen molar-refractivity contribution in [2.45, 2.75) is 24.0 Å². The first-order chi connectivity index (χ1) is 7.91. The van der Waals surface area contributed by atoms with Gasteiger partial charge >= 0.3 is 0 Å². The summed E-state index contributed by atoms with van der Waals surface area (Å²) in [5, 5.41) is 0.417. The maximum Gasteiger partial charge on any atom is 0.204 e. The topological polar surface area (TPSA) is 60.2 Å². The first-order valence-corrected chi connectivity index (χ1v) is 7.91. The number of anilines is 1. The standard InChI is InChI=1S/C12H15NO2S2/c1-8(2)16-7-11-5-9-3-4-10(13)6-12(9)17(11,14)15/h3-6,8H,7,13H2,1-2H3. The van der Waals surface area contributed by atoms with Crippen LogP contribution in [0.3, 0.4) is 0 Å². The minimum atomic E-state index is -3.30. The summed E-state index contributed by atoms with van der Waals surface area (Å²) in [4.78, 5) is 0.827. The van der Waals surface area contributed by atoms with Crippen molar-refractivity contribution in [1.82, 2.24) is 0 Å². The molecule has 0 unspecified atom stereocenters. The molecule has 0 aromatic heterocycles. The molecule has 0 aliphatic carbocycles. The highest BCUT2D eigenvalue weighted by Crippen LogP contribution is 2.35. The predicted octanol–water partition coefficient (Wildman–Crippen LogP) is 2.54. The molecule has 0 bridgehead atoms. The fraction of sp³-hybridized carbons (Fsp3) is 0.333. The lowest BCUT2D eigenvalue weighted by Gasteiger charge is -2.06. The minimum absolute atomic E-state index is 0.344. The number of benzene rings is 1. The van der Waals surface area contributed by atoms with Crippen LogP contribution in [-0.2, 0) is 9.84 Å². The van der Waals surface area contributed by atoms with E-state index in [1.54, 1.807) is 30.0 Å². The SMILES string of the molecule is CC(C)SCC1=Cc2ccc(N)cc2S1(=O)=O. The maximum atomic E-state index is 12.2. The molecule has 0 fully saturated rings. The van der Waals surface area contributed by atoms with Gasteiger partial charge in [0.15, 0.2) is 0 Å². The van der Waals surface area contributed by atoms with Gasteiger partial charge < -0.3 is 5.73 Å². The monoisotopic (exact) mass is 269 g/mol. The van der Waals surface area contributed by atoms with Crippen LogP contribution in [0.4, 0.5) is 5.69 Å². The second kappa shape index (κ2) is 4.38. The third-order valence-electron chi connectivity index (χ3n) is 2.55. The number of hydrogen-bond donors (Lipinski definition) is 1. The van der Waals surface area contributed by atoms with Crippen molar-refractivity contribution in [2.24, 2.45) is 0 Å². The van der Waals surface area contributed by atoms with E-state index in [1.165, 1.54) is 6.07 Å². The number of fused-ring (bicyclic) bond motifs is 1. The summed E-state index contributed by atoms with van der Waals surface area (Å²) >= 11 is 1.63. The molecule has 0 atom stereocenters. The number of nitrogens with two attached hydrogens (primary N) is 1. The molecular weight excluding hydrogens is 254 g/mol. The van der Waals surface area contributed by atoms with Crippen molar-refractivity contribution < 1.29 is 8.42 Å². The quantitative estimate of drug-likeness (QED) is 0.857. The number of thioether (sulfide) groups is 1. The number of hydrogen-bond acceptors (Lipinski definition) is 4. The Labute approximate surface area is 106 Å². The molecule has 5 heteroatoms. The Morgan fingerprint density at radius 3 is 2.71 bits per heavy atom. The third-order valence-corrected chi connectivity index (χ3v) is 5.76. The Kier molecular flexibility index (Phi) is 3.23. The minimum Gasteiger partial charge on any atom is -0.399 e. The van der Waals surface area contributed by atoms with Gasteiger partial charge in [0.05, 0.1) is 9.80 Å². The summed E-state index contributed by atoms with van der Waals surface area (Å²) in [5.74, 6) is 0.522. The van der Waals surface area contributed by atoms with Crippen molar-refractivity contribution in [3.05, 3.63) is 28.7 Å². The molecule has 2 N–H and O–H groups in total. The normalized spacial score (nSPS) is 17.0. The fourth-order valence-electron chi connectivity index (χ4n) is 1.66. The molecule has 0 amide bonds. The van der Waals surface area contributed by atoms with Gasteiger partial charge in [-0.05, 0) is 29.0 Å². The van der Waals surface area contributed by atoms with Gasteiger partial charge in [0.1, 0.15) is 0 Å². The smallest absolute Gasteiger partial charge is 0.204 e. The summed E-state index contributed by atoms with van der Waals surface area (Å²) in [5.41, 5.74) is 6.86. The molecule has 92 valence electrons. The van der Waals surface area contributed by atoms with E-state index in [0.717, 1.165) is 5.56 Å². The lowest BCUT2D eigenvalue weighted by molar-refractivity contribution is 0.603. The van der Waals surface area contributed by atoms with Crippen LogP contribution < -0.4 is 5.73 Å². The average molecular weight is 269 g/mol. The third kappa shape index (κ3) is 2.35. The van der Waals surface area contributed by atoms with Gasteiger partial charge in [-0.3, -0.25) is 0 Å². The van der Waals surface area contributed by atoms with Gasteiger partial charge in [-0.2, -0.15) is 11.8 Å². The van der Waals surface area contributed by atoms with E-state index in [2.05, 4.69) is 13.8 Å². The molecule has 1 aromatic carbocycles. The van der Waals surface area contributed by atoms with Crippen LogP contribution in [0, 0.1) is 0 Å². The van der Waals surface area contributed by atoms with E-state index in [4.69, 9.17) is 5.73 Å². The molecular formula is C12H15NO2S2. The van der Waals surface area contributed by atoms with Gasteiger partial charge in [-0.1, -0.05) is 19.9 Å². The second-order valence-electron chi connectivity index (χ2n) is 4.27.